The predicted octanol–water partition coefficient (Wildman–Crippen LogP) is 1.15. The van der Waals surface area contributed by atoms with Crippen LogP contribution in [0, 0.1) is 53.3 Å². The lowest BCUT2D eigenvalue weighted by atomic mass is 8.92. The molecule has 2 amide bonds. The van der Waals surface area contributed by atoms with Crippen LogP contribution in [0.4, 0.5) is 5.69 Å². The molecule has 6 saturated carbocycles. The topological polar surface area (TPSA) is 62.3 Å². The van der Waals surface area contributed by atoms with Crippen molar-refractivity contribution in [3.05, 3.63) is 24.0 Å². The summed E-state index contributed by atoms with van der Waals surface area (Å²) in [4.78, 5) is 31.3. The van der Waals surface area contributed by atoms with E-state index in [1.807, 2.05) is 27.1 Å². The molecule has 0 bridgehead atoms. The van der Waals surface area contributed by atoms with E-state index < -0.39 is 0 Å². The molecule has 0 spiro atoms. The normalized spacial score (nSPS) is 51.1. The van der Waals surface area contributed by atoms with Gasteiger partial charge in [-0.3, -0.25) is 14.6 Å². The maximum Gasteiger partial charge on any atom is 0.231 e. The lowest BCUT2D eigenvalue weighted by Gasteiger charge is -3.09. The van der Waals surface area contributed by atoms with Crippen LogP contribution in [0.5, 0.6) is 0 Å². The second-order valence-corrected chi connectivity index (χ2v) is 8.37. The minimum Gasteiger partial charge on any atom is -0.348 e. The molecule has 6 aliphatic carbocycles. The summed E-state index contributed by atoms with van der Waals surface area (Å²) in [6.45, 7) is 1.99. The summed E-state index contributed by atoms with van der Waals surface area (Å²) in [5, 5.41) is 3.12. The number of pyridine rings is 1. The second-order valence-electron chi connectivity index (χ2n) is 8.37. The smallest absolute Gasteiger partial charge is 0.231 e. The fourth-order valence-corrected chi connectivity index (χ4v) is 7.62. The molecule has 1 aromatic heterocycles. The van der Waals surface area contributed by atoms with Gasteiger partial charge in [-0.15, -0.1) is 0 Å². The highest BCUT2D eigenvalue weighted by Crippen LogP contribution is 3.10. The number of hydrogen-bond acceptors (Lipinski definition) is 3. The van der Waals surface area contributed by atoms with Gasteiger partial charge in [-0.1, -0.05) is 0 Å². The summed E-state index contributed by atoms with van der Waals surface area (Å²) in [5.74, 6) is 3.42. The van der Waals surface area contributed by atoms with Gasteiger partial charge in [0.15, 0.2) is 0 Å². The zero-order chi connectivity index (χ0) is 15.9. The van der Waals surface area contributed by atoms with Gasteiger partial charge in [0.05, 0.1) is 22.7 Å². The number of carbonyl (C=O) groups is 2. The van der Waals surface area contributed by atoms with E-state index in [9.17, 15) is 9.59 Å². The Morgan fingerprint density at radius 3 is 2.17 bits per heavy atom. The van der Waals surface area contributed by atoms with Gasteiger partial charge < -0.3 is 10.2 Å². The van der Waals surface area contributed by atoms with Gasteiger partial charge in [0, 0.05) is 20.3 Å². The quantitative estimate of drug-likeness (QED) is 0.911. The number of hydrogen-bond donors (Lipinski definition) is 1. The van der Waals surface area contributed by atoms with E-state index in [-0.39, 0.29) is 16.7 Å². The van der Waals surface area contributed by atoms with Gasteiger partial charge in [-0.2, -0.15) is 0 Å². The molecule has 23 heavy (non-hydrogen) atoms. The number of rotatable bonds is 3. The Bertz CT molecular complexity index is 761. The third-order valence-electron chi connectivity index (χ3n) is 8.09. The zero-order valence-electron chi connectivity index (χ0n) is 13.4. The first-order chi connectivity index (χ1) is 11.0. The molecule has 5 heteroatoms. The van der Waals surface area contributed by atoms with Gasteiger partial charge >= 0.3 is 0 Å². The van der Waals surface area contributed by atoms with E-state index in [4.69, 9.17) is 0 Å². The number of amides is 2. The van der Waals surface area contributed by atoms with Crippen LogP contribution in [0.1, 0.15) is 5.56 Å². The van der Waals surface area contributed by atoms with Crippen LogP contribution in [-0.4, -0.2) is 35.8 Å². The predicted molar refractivity (Wildman–Crippen MR) is 82.1 cm³/mol. The number of nitrogens with one attached hydrogen (secondary N) is 1. The summed E-state index contributed by atoms with van der Waals surface area (Å²) in [6.07, 6.45) is 3.47. The van der Waals surface area contributed by atoms with Crippen molar-refractivity contribution in [2.75, 3.05) is 19.4 Å². The fraction of sp³-hybridized carbons (Fsp3) is 0.611. The van der Waals surface area contributed by atoms with Crippen molar-refractivity contribution in [3.8, 4) is 0 Å². The van der Waals surface area contributed by atoms with Gasteiger partial charge in [0.25, 0.3) is 0 Å². The highest BCUT2D eigenvalue weighted by atomic mass is 16.2. The van der Waals surface area contributed by atoms with E-state index in [2.05, 4.69) is 10.3 Å². The Morgan fingerprint density at radius 1 is 1.09 bits per heavy atom. The van der Waals surface area contributed by atoms with Crippen LogP contribution in [0.25, 0.3) is 0 Å². The molecule has 0 aliphatic heterocycles. The van der Waals surface area contributed by atoms with E-state index in [0.29, 0.717) is 41.4 Å². The molecule has 7 rings (SSSR count). The minimum atomic E-state index is -0.128. The molecule has 118 valence electrons. The summed E-state index contributed by atoms with van der Waals surface area (Å²) < 4.78 is 0. The Balaban J connectivity index is 1.27. The first-order valence-corrected chi connectivity index (χ1v) is 8.44. The van der Waals surface area contributed by atoms with Crippen molar-refractivity contribution >= 4 is 17.5 Å². The fourth-order valence-electron chi connectivity index (χ4n) is 7.62. The molecule has 5 nitrogen and oxygen atoms in total. The van der Waals surface area contributed by atoms with E-state index in [0.717, 1.165) is 11.3 Å². The van der Waals surface area contributed by atoms with E-state index >= 15 is 0 Å². The molecule has 1 heterocycles. The molecular weight excluding hydrogens is 290 g/mol. The van der Waals surface area contributed by atoms with Crippen LogP contribution in [-0.2, 0) is 9.59 Å². The van der Waals surface area contributed by atoms with Gasteiger partial charge in [-0.25, -0.2) is 0 Å². The average Bonchev–Trinajstić information content (AvgIpc) is 2.55. The molecule has 0 atom stereocenters. The lowest BCUT2D eigenvalue weighted by Crippen LogP contribution is -3.12. The summed E-state index contributed by atoms with van der Waals surface area (Å²) in [5.41, 5.74) is 1.70. The van der Waals surface area contributed by atoms with Crippen LogP contribution in [0.3, 0.4) is 0 Å². The summed E-state index contributed by atoms with van der Waals surface area (Å²) in [6, 6.07) is 1.92. The first-order valence-electron chi connectivity index (χ1n) is 8.44. The number of aromatic nitrogens is 1. The monoisotopic (exact) mass is 309 g/mol. The average molecular weight is 309 g/mol. The maximum atomic E-state index is 12.9. The minimum absolute atomic E-state index is 0.0459. The molecule has 0 saturated heterocycles. The SMILES string of the molecule is Cc1ccncc1NC(=O)C12C3C4C1C1C2C3C41C(=O)N(C)C. The van der Waals surface area contributed by atoms with Gasteiger partial charge in [0.1, 0.15) is 0 Å². The molecule has 1 aromatic rings. The number of nitrogens with zero attached hydrogens (tertiary/aromatic N) is 2. The van der Waals surface area contributed by atoms with Crippen molar-refractivity contribution in [1.29, 1.82) is 0 Å². The van der Waals surface area contributed by atoms with Crippen molar-refractivity contribution in [3.63, 3.8) is 0 Å². The summed E-state index contributed by atoms with van der Waals surface area (Å²) >= 11 is 0. The van der Waals surface area contributed by atoms with Crippen LogP contribution in [0.2, 0.25) is 0 Å². The maximum absolute atomic E-state index is 12.9. The van der Waals surface area contributed by atoms with Crippen LogP contribution < -0.4 is 5.32 Å². The van der Waals surface area contributed by atoms with Crippen molar-refractivity contribution in [2.24, 2.45) is 46.3 Å². The van der Waals surface area contributed by atoms with Crippen LogP contribution >= 0.6 is 0 Å². The molecule has 0 aromatic carbocycles. The Kier molecular flexibility index (Phi) is 1.72. The number of aryl methyl sites for hydroxylation is 1. The lowest BCUT2D eigenvalue weighted by molar-refractivity contribution is -0.624. The molecule has 6 aliphatic rings. The molecular formula is C18H19N3O2. The number of anilines is 1. The first kappa shape index (κ1) is 12.5. The molecule has 0 radical (unpaired) electrons. The van der Waals surface area contributed by atoms with Crippen molar-refractivity contribution in [1.82, 2.24) is 9.88 Å². The van der Waals surface area contributed by atoms with Crippen molar-refractivity contribution in [2.45, 2.75) is 6.92 Å². The van der Waals surface area contributed by atoms with E-state index in [1.165, 1.54) is 0 Å². The second kappa shape index (κ2) is 3.17. The summed E-state index contributed by atoms with van der Waals surface area (Å²) in [7, 11) is 3.72. The molecule has 6 fully saturated rings. The highest BCUT2D eigenvalue weighted by molar-refractivity contribution is 6.05. The number of carbonyl (C=O) groups excluding carboxylic acids is 2. The third-order valence-corrected chi connectivity index (χ3v) is 8.09. The highest BCUT2D eigenvalue weighted by Gasteiger charge is 3.12. The van der Waals surface area contributed by atoms with Crippen LogP contribution in [0.15, 0.2) is 18.5 Å². The Hall–Kier alpha value is -1.91. The Morgan fingerprint density at radius 2 is 1.65 bits per heavy atom. The van der Waals surface area contributed by atoms with Gasteiger partial charge in [0.2, 0.25) is 11.8 Å². The molecule has 1 N–H and O–H groups in total. The standard InChI is InChI=1S/C18H19N3O2/c1-7-4-5-19-6-8(7)20-15(22)17-9-12-10(17)14-11(17)13(9)18(12,14)16(23)21(2)3/h4-6,9-14H,1-3H3,(H,20,22). The zero-order valence-corrected chi connectivity index (χ0v) is 13.4. The largest absolute Gasteiger partial charge is 0.348 e. The van der Waals surface area contributed by atoms with E-state index in [1.54, 1.807) is 17.3 Å². The Labute approximate surface area is 134 Å². The molecule has 0 unspecified atom stereocenters. The third kappa shape index (κ3) is 0.828. The van der Waals surface area contributed by atoms with Gasteiger partial charge in [-0.05, 0) is 54.1 Å². The van der Waals surface area contributed by atoms with Crippen molar-refractivity contribution < 1.29 is 9.59 Å².